The molecule has 2 heterocycles. The molecule has 14 heavy (non-hydrogen) atoms. The average Bonchev–Trinajstić information content (AvgIpc) is 2.86. The van der Waals surface area contributed by atoms with Gasteiger partial charge >= 0.3 is 0 Å². The summed E-state index contributed by atoms with van der Waals surface area (Å²) >= 11 is 0. The maximum Gasteiger partial charge on any atom is 0.0588 e. The Labute approximate surface area is 86.2 Å². The van der Waals surface area contributed by atoms with Crippen LogP contribution in [0.3, 0.4) is 0 Å². The van der Waals surface area contributed by atoms with Crippen molar-refractivity contribution in [1.82, 2.24) is 5.32 Å². The van der Waals surface area contributed by atoms with E-state index in [4.69, 9.17) is 9.47 Å². The van der Waals surface area contributed by atoms with Gasteiger partial charge in [-0.25, -0.2) is 0 Å². The molecule has 0 aliphatic carbocycles. The van der Waals surface area contributed by atoms with Crippen LogP contribution in [0.15, 0.2) is 0 Å². The van der Waals surface area contributed by atoms with Gasteiger partial charge in [-0.1, -0.05) is 0 Å². The Bertz CT molecular complexity index is 133. The van der Waals surface area contributed by atoms with Gasteiger partial charge < -0.3 is 14.8 Å². The highest BCUT2D eigenvalue weighted by atomic mass is 16.5. The molecule has 0 saturated carbocycles. The number of hydrogen-bond donors (Lipinski definition) is 1. The lowest BCUT2D eigenvalue weighted by Gasteiger charge is -2.12. The largest absolute Gasteiger partial charge is 0.381 e. The van der Waals surface area contributed by atoms with E-state index in [2.05, 4.69) is 5.32 Å². The number of rotatable bonds is 5. The van der Waals surface area contributed by atoms with E-state index in [9.17, 15) is 0 Å². The second-order valence-corrected chi connectivity index (χ2v) is 4.36. The van der Waals surface area contributed by atoms with Crippen LogP contribution in [0.2, 0.25) is 0 Å². The zero-order chi connectivity index (χ0) is 9.64. The third-order valence-electron chi connectivity index (χ3n) is 3.12. The first-order chi connectivity index (χ1) is 6.95. The normalized spacial score (nSPS) is 32.6. The summed E-state index contributed by atoms with van der Waals surface area (Å²) in [6.07, 6.45) is 5.44. The molecule has 0 radical (unpaired) electrons. The summed E-state index contributed by atoms with van der Waals surface area (Å²) in [6.45, 7) is 5.10. The summed E-state index contributed by atoms with van der Waals surface area (Å²) in [6, 6.07) is 0. The van der Waals surface area contributed by atoms with Crippen LogP contribution in [0.25, 0.3) is 0 Å². The quantitative estimate of drug-likeness (QED) is 0.674. The van der Waals surface area contributed by atoms with Crippen molar-refractivity contribution in [1.29, 1.82) is 0 Å². The third kappa shape index (κ3) is 3.23. The maximum absolute atomic E-state index is 5.56. The van der Waals surface area contributed by atoms with Gasteiger partial charge in [0.2, 0.25) is 0 Å². The van der Waals surface area contributed by atoms with E-state index in [0.717, 1.165) is 38.8 Å². The lowest BCUT2D eigenvalue weighted by Crippen LogP contribution is -2.26. The Balaban J connectivity index is 1.46. The Morgan fingerprint density at radius 3 is 2.93 bits per heavy atom. The van der Waals surface area contributed by atoms with Gasteiger partial charge in [-0.2, -0.15) is 0 Å². The summed E-state index contributed by atoms with van der Waals surface area (Å²) in [5, 5.41) is 3.49. The van der Waals surface area contributed by atoms with E-state index in [1.165, 1.54) is 25.7 Å². The Morgan fingerprint density at radius 1 is 1.21 bits per heavy atom. The van der Waals surface area contributed by atoms with Gasteiger partial charge in [0.25, 0.3) is 0 Å². The van der Waals surface area contributed by atoms with Crippen LogP contribution in [0.5, 0.6) is 0 Å². The molecule has 0 aromatic rings. The van der Waals surface area contributed by atoms with Crippen LogP contribution in [0.1, 0.15) is 25.7 Å². The van der Waals surface area contributed by atoms with Crippen LogP contribution < -0.4 is 5.32 Å². The highest BCUT2D eigenvalue weighted by Crippen LogP contribution is 2.15. The highest BCUT2D eigenvalue weighted by Gasteiger charge is 2.16. The minimum Gasteiger partial charge on any atom is -0.381 e. The molecule has 2 atom stereocenters. The molecular weight excluding hydrogens is 178 g/mol. The predicted molar refractivity (Wildman–Crippen MR) is 55.4 cm³/mol. The summed E-state index contributed by atoms with van der Waals surface area (Å²) in [4.78, 5) is 0. The minimum absolute atomic E-state index is 0.530. The van der Waals surface area contributed by atoms with Crippen LogP contribution in [0, 0.1) is 5.92 Å². The smallest absolute Gasteiger partial charge is 0.0588 e. The molecule has 2 aliphatic heterocycles. The molecule has 0 amide bonds. The van der Waals surface area contributed by atoms with E-state index in [1.54, 1.807) is 0 Å². The molecule has 82 valence electrons. The molecule has 1 N–H and O–H groups in total. The first kappa shape index (κ1) is 10.4. The van der Waals surface area contributed by atoms with Gasteiger partial charge in [0, 0.05) is 19.8 Å². The molecule has 3 heteroatoms. The van der Waals surface area contributed by atoms with Crippen molar-refractivity contribution in [3.8, 4) is 0 Å². The van der Waals surface area contributed by atoms with Gasteiger partial charge in [-0.15, -0.1) is 0 Å². The number of ether oxygens (including phenoxy) is 2. The van der Waals surface area contributed by atoms with Crippen LogP contribution in [-0.2, 0) is 9.47 Å². The highest BCUT2D eigenvalue weighted by molar-refractivity contribution is 4.69. The molecular formula is C11H21NO2. The molecule has 0 aromatic carbocycles. The first-order valence-electron chi connectivity index (χ1n) is 5.85. The summed E-state index contributed by atoms with van der Waals surface area (Å²) in [5.74, 6) is 0.750. The second kappa shape index (κ2) is 5.69. The molecule has 2 rings (SSSR count). The molecule has 2 aliphatic rings. The third-order valence-corrected chi connectivity index (χ3v) is 3.12. The fraction of sp³-hybridized carbons (Fsp3) is 1.00. The van der Waals surface area contributed by atoms with Crippen molar-refractivity contribution in [2.24, 2.45) is 5.92 Å². The topological polar surface area (TPSA) is 30.5 Å². The van der Waals surface area contributed by atoms with Crippen LogP contribution >= 0.6 is 0 Å². The van der Waals surface area contributed by atoms with E-state index < -0.39 is 0 Å². The summed E-state index contributed by atoms with van der Waals surface area (Å²) < 4.78 is 10.9. The molecule has 2 fully saturated rings. The molecule has 0 spiro atoms. The Morgan fingerprint density at radius 2 is 2.21 bits per heavy atom. The zero-order valence-electron chi connectivity index (χ0n) is 8.84. The van der Waals surface area contributed by atoms with Crippen molar-refractivity contribution >= 4 is 0 Å². The summed E-state index contributed by atoms with van der Waals surface area (Å²) in [5.41, 5.74) is 0. The fourth-order valence-corrected chi connectivity index (χ4v) is 2.19. The summed E-state index contributed by atoms with van der Waals surface area (Å²) in [7, 11) is 0. The van der Waals surface area contributed by atoms with Gasteiger partial charge in [-0.05, 0) is 38.1 Å². The monoisotopic (exact) mass is 199 g/mol. The Hall–Kier alpha value is -0.120. The fourth-order valence-electron chi connectivity index (χ4n) is 2.19. The van der Waals surface area contributed by atoms with Gasteiger partial charge in [-0.3, -0.25) is 0 Å². The second-order valence-electron chi connectivity index (χ2n) is 4.36. The molecule has 0 aromatic heterocycles. The van der Waals surface area contributed by atoms with Crippen LogP contribution in [-0.4, -0.2) is 39.0 Å². The van der Waals surface area contributed by atoms with E-state index >= 15 is 0 Å². The standard InChI is InChI=1S/C11H21NO2/c1-2-11(14-6-1)3-5-12-8-10-4-7-13-9-10/h10-12H,1-9H2. The SMILES string of the molecule is C1COC(CCNCC2CCOC2)C1. The van der Waals surface area contributed by atoms with Gasteiger partial charge in [0.15, 0.2) is 0 Å². The van der Waals surface area contributed by atoms with Crippen molar-refractivity contribution < 1.29 is 9.47 Å². The van der Waals surface area contributed by atoms with Gasteiger partial charge in [0.1, 0.15) is 0 Å². The molecule has 2 unspecified atom stereocenters. The molecule has 0 bridgehead atoms. The molecule has 2 saturated heterocycles. The lowest BCUT2D eigenvalue weighted by molar-refractivity contribution is 0.104. The van der Waals surface area contributed by atoms with Crippen molar-refractivity contribution in [2.75, 3.05) is 32.9 Å². The Kier molecular flexibility index (Phi) is 4.22. The van der Waals surface area contributed by atoms with Crippen molar-refractivity contribution in [2.45, 2.75) is 31.8 Å². The van der Waals surface area contributed by atoms with E-state index in [1.807, 2.05) is 0 Å². The minimum atomic E-state index is 0.530. The zero-order valence-corrected chi connectivity index (χ0v) is 8.84. The number of hydrogen-bond acceptors (Lipinski definition) is 3. The predicted octanol–water partition coefficient (Wildman–Crippen LogP) is 1.18. The van der Waals surface area contributed by atoms with Crippen molar-refractivity contribution in [3.05, 3.63) is 0 Å². The van der Waals surface area contributed by atoms with E-state index in [-0.39, 0.29) is 0 Å². The van der Waals surface area contributed by atoms with E-state index in [0.29, 0.717) is 6.10 Å². The lowest BCUT2D eigenvalue weighted by atomic mass is 10.1. The maximum atomic E-state index is 5.56. The average molecular weight is 199 g/mol. The van der Waals surface area contributed by atoms with Crippen molar-refractivity contribution in [3.63, 3.8) is 0 Å². The van der Waals surface area contributed by atoms with Gasteiger partial charge in [0.05, 0.1) is 12.7 Å². The number of nitrogens with one attached hydrogen (secondary N) is 1. The first-order valence-corrected chi connectivity index (χ1v) is 5.85. The molecule has 3 nitrogen and oxygen atoms in total. The van der Waals surface area contributed by atoms with Crippen LogP contribution in [0.4, 0.5) is 0 Å².